The Bertz CT molecular complexity index is 866. The Morgan fingerprint density at radius 3 is 2.50 bits per heavy atom. The van der Waals surface area contributed by atoms with Crippen LogP contribution in [0.5, 0.6) is 0 Å². The molecule has 0 unspecified atom stereocenters. The van der Waals surface area contributed by atoms with Crippen molar-refractivity contribution in [1.82, 2.24) is 9.97 Å². The number of benzene rings is 2. The fourth-order valence-corrected chi connectivity index (χ4v) is 3.10. The maximum absolute atomic E-state index is 13.1. The summed E-state index contributed by atoms with van der Waals surface area (Å²) >= 11 is 0. The molecule has 1 fully saturated rings. The van der Waals surface area contributed by atoms with Gasteiger partial charge in [-0.25, -0.2) is 14.4 Å². The van der Waals surface area contributed by atoms with Crippen molar-refractivity contribution in [3.63, 3.8) is 0 Å². The van der Waals surface area contributed by atoms with E-state index in [0.717, 1.165) is 34.7 Å². The zero-order valence-electron chi connectivity index (χ0n) is 13.4. The number of rotatable bonds is 2. The van der Waals surface area contributed by atoms with Crippen LogP contribution in [0.15, 0.2) is 48.5 Å². The third-order valence-corrected chi connectivity index (χ3v) is 4.33. The molecule has 2 heterocycles. The Kier molecular flexibility index (Phi) is 3.86. The molecule has 0 radical (unpaired) electrons. The van der Waals surface area contributed by atoms with Crippen LogP contribution in [0.1, 0.15) is 17.4 Å². The highest BCUT2D eigenvalue weighted by Gasteiger charge is 2.24. The highest BCUT2D eigenvalue weighted by Crippen LogP contribution is 2.27. The molecule has 1 aromatic heterocycles. The number of hydrogen-bond acceptors (Lipinski definition) is 4. The predicted molar refractivity (Wildman–Crippen MR) is 91.6 cm³/mol. The van der Waals surface area contributed by atoms with E-state index in [-0.39, 0.29) is 11.9 Å². The van der Waals surface area contributed by atoms with Crippen molar-refractivity contribution in [2.75, 3.05) is 24.6 Å². The zero-order chi connectivity index (χ0) is 16.5. The first-order chi connectivity index (χ1) is 11.7. The fraction of sp³-hybridized carbons (Fsp3) is 0.263. The minimum absolute atomic E-state index is 0.0907. The first-order valence-electron chi connectivity index (χ1n) is 8.06. The Morgan fingerprint density at radius 2 is 1.75 bits per heavy atom. The van der Waals surface area contributed by atoms with Gasteiger partial charge in [0.2, 0.25) is 0 Å². The van der Waals surface area contributed by atoms with Crippen molar-refractivity contribution in [3.8, 4) is 0 Å². The van der Waals surface area contributed by atoms with Crippen molar-refractivity contribution in [3.05, 3.63) is 65.6 Å². The molecular weight excluding hydrogens is 305 g/mol. The SMILES string of the molecule is Cc1nc2ccccc2nc1N1CCO[C@@H](c2ccc(F)cc2)C1. The van der Waals surface area contributed by atoms with Gasteiger partial charge in [0.15, 0.2) is 5.82 Å². The van der Waals surface area contributed by atoms with Gasteiger partial charge in [-0.1, -0.05) is 24.3 Å². The average molecular weight is 323 g/mol. The lowest BCUT2D eigenvalue weighted by Gasteiger charge is -2.34. The first kappa shape index (κ1) is 15.0. The molecule has 122 valence electrons. The largest absolute Gasteiger partial charge is 0.370 e. The van der Waals surface area contributed by atoms with Crippen LogP contribution in [0.25, 0.3) is 11.0 Å². The Hall–Kier alpha value is -2.53. The molecule has 1 saturated heterocycles. The molecule has 24 heavy (non-hydrogen) atoms. The zero-order valence-corrected chi connectivity index (χ0v) is 13.4. The molecule has 0 aliphatic carbocycles. The normalized spacial score (nSPS) is 18.1. The van der Waals surface area contributed by atoms with Gasteiger partial charge >= 0.3 is 0 Å². The molecule has 1 aliphatic rings. The second kappa shape index (κ2) is 6.17. The topological polar surface area (TPSA) is 38.2 Å². The third kappa shape index (κ3) is 2.83. The summed E-state index contributed by atoms with van der Waals surface area (Å²) in [5, 5.41) is 0. The van der Waals surface area contributed by atoms with Crippen LogP contribution in [0, 0.1) is 12.7 Å². The van der Waals surface area contributed by atoms with Gasteiger partial charge in [-0.2, -0.15) is 0 Å². The molecule has 2 aromatic carbocycles. The van der Waals surface area contributed by atoms with Gasteiger partial charge in [-0.15, -0.1) is 0 Å². The summed E-state index contributed by atoms with van der Waals surface area (Å²) in [5.41, 5.74) is 3.69. The number of aryl methyl sites for hydroxylation is 1. The predicted octanol–water partition coefficient (Wildman–Crippen LogP) is 3.66. The van der Waals surface area contributed by atoms with Crippen LogP contribution in [0.2, 0.25) is 0 Å². The first-order valence-corrected chi connectivity index (χ1v) is 8.06. The Morgan fingerprint density at radius 1 is 1.04 bits per heavy atom. The molecule has 3 aromatic rings. The van der Waals surface area contributed by atoms with E-state index in [1.807, 2.05) is 31.2 Å². The molecule has 0 N–H and O–H groups in total. The van der Waals surface area contributed by atoms with Crippen LogP contribution >= 0.6 is 0 Å². The Balaban J connectivity index is 1.64. The molecule has 1 atom stereocenters. The number of anilines is 1. The van der Waals surface area contributed by atoms with Crippen LogP contribution < -0.4 is 4.90 Å². The average Bonchev–Trinajstić information content (AvgIpc) is 2.62. The number of halogens is 1. The second-order valence-corrected chi connectivity index (χ2v) is 5.98. The standard InChI is InChI=1S/C19H18FN3O/c1-13-19(22-17-5-3-2-4-16(17)21-13)23-10-11-24-18(12-23)14-6-8-15(20)9-7-14/h2-9,18H,10-12H2,1H3/t18-/m1/s1. The number of morpholine rings is 1. The van der Waals surface area contributed by atoms with Crippen LogP contribution in [0.3, 0.4) is 0 Å². The summed E-state index contributed by atoms with van der Waals surface area (Å²) in [6, 6.07) is 14.4. The van der Waals surface area contributed by atoms with Gasteiger partial charge in [0.05, 0.1) is 23.3 Å². The van der Waals surface area contributed by atoms with E-state index in [4.69, 9.17) is 9.72 Å². The number of nitrogens with zero attached hydrogens (tertiary/aromatic N) is 3. The van der Waals surface area contributed by atoms with Crippen molar-refractivity contribution in [1.29, 1.82) is 0 Å². The summed E-state index contributed by atoms with van der Waals surface area (Å²) in [6.07, 6.45) is -0.0907. The van der Waals surface area contributed by atoms with Gasteiger partial charge in [-0.05, 0) is 36.8 Å². The van der Waals surface area contributed by atoms with Crippen LogP contribution in [0.4, 0.5) is 10.2 Å². The van der Waals surface area contributed by atoms with E-state index in [2.05, 4.69) is 9.88 Å². The molecule has 0 amide bonds. The quantitative estimate of drug-likeness (QED) is 0.721. The van der Waals surface area contributed by atoms with Gasteiger partial charge in [-0.3, -0.25) is 0 Å². The molecule has 0 saturated carbocycles. The molecule has 4 rings (SSSR count). The van der Waals surface area contributed by atoms with Crippen LogP contribution in [-0.4, -0.2) is 29.7 Å². The van der Waals surface area contributed by atoms with Crippen molar-refractivity contribution >= 4 is 16.9 Å². The number of fused-ring (bicyclic) bond motifs is 1. The lowest BCUT2D eigenvalue weighted by Crippen LogP contribution is -2.39. The molecule has 0 spiro atoms. The number of ether oxygens (including phenoxy) is 1. The summed E-state index contributed by atoms with van der Waals surface area (Å²) in [7, 11) is 0. The van der Waals surface area contributed by atoms with Crippen molar-refractivity contribution in [2.45, 2.75) is 13.0 Å². The molecule has 5 heteroatoms. The summed E-state index contributed by atoms with van der Waals surface area (Å²) < 4.78 is 19.0. The van der Waals surface area contributed by atoms with Crippen LogP contribution in [-0.2, 0) is 4.74 Å². The minimum Gasteiger partial charge on any atom is -0.370 e. The number of aromatic nitrogens is 2. The third-order valence-electron chi connectivity index (χ3n) is 4.33. The van der Waals surface area contributed by atoms with Gasteiger partial charge in [0.25, 0.3) is 0 Å². The second-order valence-electron chi connectivity index (χ2n) is 5.98. The minimum atomic E-state index is -0.234. The van der Waals surface area contributed by atoms with Gasteiger partial charge in [0.1, 0.15) is 11.9 Å². The lowest BCUT2D eigenvalue weighted by atomic mass is 10.1. The maximum atomic E-state index is 13.1. The van der Waals surface area contributed by atoms with Crippen molar-refractivity contribution < 1.29 is 9.13 Å². The van der Waals surface area contributed by atoms with E-state index in [9.17, 15) is 4.39 Å². The van der Waals surface area contributed by atoms with Crippen molar-refractivity contribution in [2.24, 2.45) is 0 Å². The van der Waals surface area contributed by atoms with Gasteiger partial charge < -0.3 is 9.64 Å². The summed E-state index contributed by atoms with van der Waals surface area (Å²) in [5.74, 6) is 0.659. The molecular formula is C19H18FN3O. The lowest BCUT2D eigenvalue weighted by molar-refractivity contribution is 0.0394. The van der Waals surface area contributed by atoms with E-state index in [1.165, 1.54) is 12.1 Å². The molecule has 1 aliphatic heterocycles. The van der Waals surface area contributed by atoms with E-state index in [1.54, 1.807) is 12.1 Å². The van der Waals surface area contributed by atoms with E-state index in [0.29, 0.717) is 13.2 Å². The van der Waals surface area contributed by atoms with Gasteiger partial charge in [0, 0.05) is 13.1 Å². The Labute approximate surface area is 139 Å². The maximum Gasteiger partial charge on any atom is 0.150 e. The van der Waals surface area contributed by atoms with E-state index < -0.39 is 0 Å². The highest BCUT2D eigenvalue weighted by atomic mass is 19.1. The smallest absolute Gasteiger partial charge is 0.150 e. The monoisotopic (exact) mass is 323 g/mol. The molecule has 4 nitrogen and oxygen atoms in total. The fourth-order valence-electron chi connectivity index (χ4n) is 3.10. The summed E-state index contributed by atoms with van der Waals surface area (Å²) in [6.45, 7) is 4.04. The molecule has 0 bridgehead atoms. The number of para-hydroxylation sites is 2. The number of hydrogen-bond donors (Lipinski definition) is 0. The highest BCUT2D eigenvalue weighted by molar-refractivity contribution is 5.76. The summed E-state index contributed by atoms with van der Waals surface area (Å²) in [4.78, 5) is 11.7. The van der Waals surface area contributed by atoms with E-state index >= 15 is 0 Å².